The summed E-state index contributed by atoms with van der Waals surface area (Å²) in [6.07, 6.45) is 0.972. The van der Waals surface area contributed by atoms with Crippen LogP contribution in [0.3, 0.4) is 0 Å². The Bertz CT molecular complexity index is 33.2. The summed E-state index contributed by atoms with van der Waals surface area (Å²) in [4.78, 5) is 0. The zero-order valence-corrected chi connectivity index (χ0v) is 5.67. The average Bonchev–Trinajstić information content (AvgIpc) is 1.72. The summed E-state index contributed by atoms with van der Waals surface area (Å²) in [5.74, 6) is 0. The standard InChI is InChI=1S/C4H12NOP/c1-2-4(3-6)5-7/h4-6H,2-3,7H2,1H3. The van der Waals surface area contributed by atoms with Crippen molar-refractivity contribution < 1.29 is 5.11 Å². The Morgan fingerprint density at radius 2 is 2.43 bits per heavy atom. The van der Waals surface area contributed by atoms with Crippen LogP contribution in [0.4, 0.5) is 0 Å². The van der Waals surface area contributed by atoms with Gasteiger partial charge in [0.25, 0.3) is 0 Å². The Balaban J connectivity index is 2.99. The molecule has 0 aliphatic heterocycles. The number of aliphatic hydroxyl groups excluding tert-OH is 1. The first-order chi connectivity index (χ1) is 3.35. The molecule has 2 N–H and O–H groups in total. The van der Waals surface area contributed by atoms with E-state index in [1.54, 1.807) is 0 Å². The molecule has 0 aromatic rings. The molecule has 3 heteroatoms. The third-order valence-electron chi connectivity index (χ3n) is 0.949. The van der Waals surface area contributed by atoms with Crippen LogP contribution in [0.15, 0.2) is 0 Å². The average molecular weight is 121 g/mol. The van der Waals surface area contributed by atoms with E-state index in [4.69, 9.17) is 5.11 Å². The summed E-state index contributed by atoms with van der Waals surface area (Å²) in [7, 11) is 2.37. The van der Waals surface area contributed by atoms with E-state index in [1.165, 1.54) is 0 Å². The van der Waals surface area contributed by atoms with Crippen molar-refractivity contribution in [1.29, 1.82) is 0 Å². The molecule has 0 aliphatic carbocycles. The third kappa shape index (κ3) is 2.98. The van der Waals surface area contributed by atoms with Gasteiger partial charge in [0.2, 0.25) is 0 Å². The van der Waals surface area contributed by atoms with Gasteiger partial charge in [0.1, 0.15) is 0 Å². The second-order valence-corrected chi connectivity index (χ2v) is 1.79. The predicted octanol–water partition coefficient (Wildman–Crippen LogP) is 0.137. The quantitative estimate of drug-likeness (QED) is 0.520. The maximum Gasteiger partial charge on any atom is 0.0587 e. The summed E-state index contributed by atoms with van der Waals surface area (Å²) >= 11 is 0. The van der Waals surface area contributed by atoms with E-state index in [9.17, 15) is 0 Å². The number of nitrogens with one attached hydrogen (secondary N) is 1. The zero-order valence-electron chi connectivity index (χ0n) is 4.52. The molecule has 0 bridgehead atoms. The van der Waals surface area contributed by atoms with Gasteiger partial charge < -0.3 is 5.11 Å². The largest absolute Gasteiger partial charge is 0.395 e. The fourth-order valence-electron chi connectivity index (χ4n) is 0.300. The highest BCUT2D eigenvalue weighted by atomic mass is 31.0. The van der Waals surface area contributed by atoms with Gasteiger partial charge in [-0.25, -0.2) is 0 Å². The van der Waals surface area contributed by atoms with E-state index in [0.717, 1.165) is 6.42 Å². The number of rotatable bonds is 3. The smallest absolute Gasteiger partial charge is 0.0587 e. The van der Waals surface area contributed by atoms with Gasteiger partial charge in [-0.3, -0.25) is 5.09 Å². The molecule has 0 amide bonds. The summed E-state index contributed by atoms with van der Waals surface area (Å²) in [6, 6.07) is 0.255. The van der Waals surface area contributed by atoms with E-state index < -0.39 is 0 Å². The zero-order chi connectivity index (χ0) is 5.70. The van der Waals surface area contributed by atoms with Gasteiger partial charge in [0.15, 0.2) is 0 Å². The maximum absolute atomic E-state index is 8.45. The molecule has 0 aliphatic rings. The van der Waals surface area contributed by atoms with Gasteiger partial charge in [-0.2, -0.15) is 0 Å². The highest BCUT2D eigenvalue weighted by Crippen LogP contribution is 1.89. The molecule has 0 aromatic carbocycles. The van der Waals surface area contributed by atoms with Crippen molar-refractivity contribution in [2.45, 2.75) is 19.4 Å². The van der Waals surface area contributed by atoms with Crippen molar-refractivity contribution in [2.24, 2.45) is 0 Å². The Morgan fingerprint density at radius 3 is 2.43 bits per heavy atom. The number of hydrogen-bond donors (Lipinski definition) is 2. The molecule has 7 heavy (non-hydrogen) atoms. The Labute approximate surface area is 46.6 Å². The first-order valence-electron chi connectivity index (χ1n) is 2.42. The molecule has 44 valence electrons. The second-order valence-electron chi connectivity index (χ2n) is 1.45. The minimum absolute atomic E-state index is 0.222. The summed E-state index contributed by atoms with van der Waals surface area (Å²) in [5, 5.41) is 11.3. The van der Waals surface area contributed by atoms with Crippen LogP contribution < -0.4 is 5.09 Å². The maximum atomic E-state index is 8.45. The molecule has 0 fully saturated rings. The van der Waals surface area contributed by atoms with Gasteiger partial charge in [0, 0.05) is 6.04 Å². The van der Waals surface area contributed by atoms with Crippen LogP contribution in [0.2, 0.25) is 0 Å². The first kappa shape index (κ1) is 7.35. The summed E-state index contributed by atoms with van der Waals surface area (Å²) < 4.78 is 0. The van der Waals surface area contributed by atoms with Crippen LogP contribution in [0.1, 0.15) is 13.3 Å². The lowest BCUT2D eigenvalue weighted by atomic mass is 10.3. The van der Waals surface area contributed by atoms with E-state index in [2.05, 4.69) is 14.5 Å². The summed E-state index contributed by atoms with van der Waals surface area (Å²) in [5.41, 5.74) is 0. The molecule has 2 unspecified atom stereocenters. The minimum atomic E-state index is 0.222. The van der Waals surface area contributed by atoms with Crippen LogP contribution in [0, 0.1) is 0 Å². The van der Waals surface area contributed by atoms with Gasteiger partial charge in [-0.1, -0.05) is 16.3 Å². The molecule has 0 saturated carbocycles. The molecule has 0 heterocycles. The number of hydrogen-bond acceptors (Lipinski definition) is 2. The van der Waals surface area contributed by atoms with Crippen molar-refractivity contribution in [3.63, 3.8) is 0 Å². The second kappa shape index (κ2) is 4.51. The van der Waals surface area contributed by atoms with Crippen LogP contribution in [0.5, 0.6) is 0 Å². The monoisotopic (exact) mass is 121 g/mol. The Kier molecular flexibility index (Phi) is 4.73. The highest BCUT2D eigenvalue weighted by Gasteiger charge is 1.96. The van der Waals surface area contributed by atoms with E-state index in [1.807, 2.05) is 6.92 Å². The van der Waals surface area contributed by atoms with Crippen molar-refractivity contribution in [3.8, 4) is 0 Å². The first-order valence-corrected chi connectivity index (χ1v) is 2.99. The van der Waals surface area contributed by atoms with Gasteiger partial charge >= 0.3 is 0 Å². The van der Waals surface area contributed by atoms with Gasteiger partial charge in [-0.15, -0.1) is 0 Å². The van der Waals surface area contributed by atoms with Crippen molar-refractivity contribution in [2.75, 3.05) is 6.61 Å². The van der Waals surface area contributed by atoms with E-state index in [-0.39, 0.29) is 12.6 Å². The van der Waals surface area contributed by atoms with Crippen molar-refractivity contribution in [1.82, 2.24) is 5.09 Å². The molecule has 2 atom stereocenters. The van der Waals surface area contributed by atoms with Gasteiger partial charge in [-0.05, 0) is 6.42 Å². The molecule has 0 saturated heterocycles. The molecule has 0 rings (SSSR count). The van der Waals surface area contributed by atoms with Crippen molar-refractivity contribution in [3.05, 3.63) is 0 Å². The fourth-order valence-corrected chi connectivity index (χ4v) is 0.641. The van der Waals surface area contributed by atoms with Crippen LogP contribution >= 0.6 is 9.39 Å². The van der Waals surface area contributed by atoms with Gasteiger partial charge in [0.05, 0.1) is 6.61 Å². The van der Waals surface area contributed by atoms with Crippen LogP contribution in [0.25, 0.3) is 0 Å². The molecular weight excluding hydrogens is 109 g/mol. The highest BCUT2D eigenvalue weighted by molar-refractivity contribution is 7.13. The normalized spacial score (nSPS) is 14.1. The lowest BCUT2D eigenvalue weighted by molar-refractivity contribution is 0.256. The van der Waals surface area contributed by atoms with Crippen LogP contribution in [-0.2, 0) is 0 Å². The number of aliphatic hydroxyl groups is 1. The predicted molar refractivity (Wildman–Crippen MR) is 34.0 cm³/mol. The van der Waals surface area contributed by atoms with Crippen molar-refractivity contribution >= 4 is 9.39 Å². The topological polar surface area (TPSA) is 32.3 Å². The SMILES string of the molecule is CCC(CO)NP. The lowest BCUT2D eigenvalue weighted by Crippen LogP contribution is -2.22. The van der Waals surface area contributed by atoms with E-state index >= 15 is 0 Å². The van der Waals surface area contributed by atoms with E-state index in [0.29, 0.717) is 0 Å². The van der Waals surface area contributed by atoms with Crippen LogP contribution in [-0.4, -0.2) is 17.8 Å². The summed E-state index contributed by atoms with van der Waals surface area (Å²) in [6.45, 7) is 2.25. The fraction of sp³-hybridized carbons (Fsp3) is 1.00. The lowest BCUT2D eigenvalue weighted by Gasteiger charge is -2.06. The third-order valence-corrected chi connectivity index (χ3v) is 1.42. The Morgan fingerprint density at radius 1 is 1.86 bits per heavy atom. The Hall–Kier alpha value is 0.350. The molecule has 0 radical (unpaired) electrons. The molecule has 0 spiro atoms. The molecular formula is C4H12NOP. The minimum Gasteiger partial charge on any atom is -0.395 e. The molecule has 0 aromatic heterocycles. The molecule has 2 nitrogen and oxygen atoms in total.